The fraction of sp³-hybridized carbons (Fsp3) is 0.167. The van der Waals surface area contributed by atoms with Gasteiger partial charge in [0.15, 0.2) is 5.76 Å². The molecule has 0 aliphatic rings. The van der Waals surface area contributed by atoms with Crippen molar-refractivity contribution < 1.29 is 14.1 Å². The van der Waals surface area contributed by atoms with Gasteiger partial charge in [0, 0.05) is 6.07 Å². The van der Waals surface area contributed by atoms with Crippen molar-refractivity contribution in [1.82, 2.24) is 5.16 Å². The molecule has 18 heavy (non-hydrogen) atoms. The van der Waals surface area contributed by atoms with Crippen LogP contribution in [0, 0.1) is 6.92 Å². The molecule has 0 saturated heterocycles. The van der Waals surface area contributed by atoms with Gasteiger partial charge in [-0.3, -0.25) is 0 Å². The van der Waals surface area contributed by atoms with E-state index in [1.54, 1.807) is 19.1 Å². The van der Waals surface area contributed by atoms with E-state index in [0.29, 0.717) is 22.0 Å². The topological polar surface area (TPSA) is 52.3 Å². The first-order valence-corrected chi connectivity index (χ1v) is 5.80. The number of esters is 1. The van der Waals surface area contributed by atoms with Gasteiger partial charge >= 0.3 is 5.97 Å². The highest BCUT2D eigenvalue weighted by Crippen LogP contribution is 2.37. The molecule has 6 heteroatoms. The maximum Gasteiger partial charge on any atom is 0.339 e. The minimum absolute atomic E-state index is 0.186. The zero-order valence-corrected chi connectivity index (χ0v) is 11.2. The van der Waals surface area contributed by atoms with Crippen LogP contribution in [0.25, 0.3) is 11.3 Å². The maximum atomic E-state index is 11.5. The molecule has 0 aliphatic carbocycles. The molecule has 0 saturated carbocycles. The monoisotopic (exact) mass is 285 g/mol. The highest BCUT2D eigenvalue weighted by molar-refractivity contribution is 6.40. The number of carbonyl (C=O) groups is 1. The first kappa shape index (κ1) is 12.9. The average Bonchev–Trinajstić information content (AvgIpc) is 2.75. The van der Waals surface area contributed by atoms with Crippen LogP contribution in [0.5, 0.6) is 0 Å². The highest BCUT2D eigenvalue weighted by Gasteiger charge is 2.20. The quantitative estimate of drug-likeness (QED) is 0.789. The third kappa shape index (κ3) is 2.21. The zero-order chi connectivity index (χ0) is 13.3. The first-order valence-electron chi connectivity index (χ1n) is 5.04. The molecule has 0 aliphatic heterocycles. The van der Waals surface area contributed by atoms with Crippen LogP contribution < -0.4 is 0 Å². The van der Waals surface area contributed by atoms with E-state index in [-0.39, 0.29) is 10.6 Å². The molecule has 1 aromatic heterocycles. The second kappa shape index (κ2) is 5.00. The number of halogens is 2. The van der Waals surface area contributed by atoms with Crippen molar-refractivity contribution in [1.29, 1.82) is 0 Å². The van der Waals surface area contributed by atoms with Crippen molar-refractivity contribution in [2.24, 2.45) is 0 Å². The Morgan fingerprint density at radius 2 is 2.11 bits per heavy atom. The van der Waals surface area contributed by atoms with Crippen molar-refractivity contribution in [3.8, 4) is 11.3 Å². The van der Waals surface area contributed by atoms with Crippen LogP contribution in [0.15, 0.2) is 22.7 Å². The van der Waals surface area contributed by atoms with Crippen LogP contribution in [0.1, 0.15) is 16.1 Å². The van der Waals surface area contributed by atoms with E-state index in [9.17, 15) is 4.79 Å². The fourth-order valence-corrected chi connectivity index (χ4v) is 2.16. The molecule has 0 N–H and O–H groups in total. The summed E-state index contributed by atoms with van der Waals surface area (Å²) in [5.74, 6) is -0.123. The molecule has 1 aromatic carbocycles. The van der Waals surface area contributed by atoms with Gasteiger partial charge in [0.05, 0.1) is 34.0 Å². The molecular weight excluding hydrogens is 277 g/mol. The van der Waals surface area contributed by atoms with Crippen molar-refractivity contribution in [3.63, 3.8) is 0 Å². The van der Waals surface area contributed by atoms with Gasteiger partial charge in [-0.1, -0.05) is 28.4 Å². The van der Waals surface area contributed by atoms with Gasteiger partial charge in [-0.2, -0.15) is 0 Å². The normalized spacial score (nSPS) is 10.4. The molecule has 0 radical (unpaired) electrons. The summed E-state index contributed by atoms with van der Waals surface area (Å²) in [5, 5.41) is 4.33. The molecule has 0 bridgehead atoms. The van der Waals surface area contributed by atoms with Crippen LogP contribution >= 0.6 is 23.2 Å². The fourth-order valence-electron chi connectivity index (χ4n) is 1.53. The lowest BCUT2D eigenvalue weighted by Gasteiger charge is -2.07. The smallest absolute Gasteiger partial charge is 0.339 e. The number of methoxy groups -OCH3 is 1. The molecule has 0 atom stereocenters. The second-order valence-corrected chi connectivity index (χ2v) is 4.39. The summed E-state index contributed by atoms with van der Waals surface area (Å²) in [5.41, 5.74) is 1.36. The van der Waals surface area contributed by atoms with Gasteiger partial charge in [0.1, 0.15) is 0 Å². The zero-order valence-electron chi connectivity index (χ0n) is 9.66. The Bertz CT molecular complexity index is 607. The summed E-state index contributed by atoms with van der Waals surface area (Å²) in [6.07, 6.45) is 0. The lowest BCUT2D eigenvalue weighted by molar-refractivity contribution is 0.0601. The van der Waals surface area contributed by atoms with Gasteiger partial charge in [-0.15, -0.1) is 0 Å². The molecule has 0 spiro atoms. The summed E-state index contributed by atoms with van der Waals surface area (Å²) in [7, 11) is 1.28. The van der Waals surface area contributed by atoms with E-state index in [4.69, 9.17) is 27.7 Å². The number of hydrogen-bond acceptors (Lipinski definition) is 4. The molecule has 2 rings (SSSR count). The predicted molar refractivity (Wildman–Crippen MR) is 68.0 cm³/mol. The van der Waals surface area contributed by atoms with Crippen LogP contribution in [0.2, 0.25) is 10.0 Å². The number of rotatable bonds is 2. The summed E-state index contributed by atoms with van der Waals surface area (Å²) >= 11 is 12.2. The largest absolute Gasteiger partial charge is 0.465 e. The number of aryl methyl sites for hydroxylation is 1. The van der Waals surface area contributed by atoms with Crippen molar-refractivity contribution in [3.05, 3.63) is 39.5 Å². The SMILES string of the molecule is COC(=O)c1ccc(Cl)c(-c2cc(C)no2)c1Cl. The van der Waals surface area contributed by atoms with Crippen molar-refractivity contribution >= 4 is 29.2 Å². The number of benzene rings is 1. The lowest BCUT2D eigenvalue weighted by Crippen LogP contribution is -2.02. The Kier molecular flexibility index (Phi) is 3.59. The van der Waals surface area contributed by atoms with E-state index in [0.717, 1.165) is 0 Å². The highest BCUT2D eigenvalue weighted by atomic mass is 35.5. The van der Waals surface area contributed by atoms with Crippen LogP contribution in [-0.4, -0.2) is 18.2 Å². The van der Waals surface area contributed by atoms with Gasteiger partial charge in [-0.25, -0.2) is 4.79 Å². The summed E-state index contributed by atoms with van der Waals surface area (Å²) in [6.45, 7) is 1.78. The molecule has 94 valence electrons. The van der Waals surface area contributed by atoms with Gasteiger partial charge in [0.25, 0.3) is 0 Å². The minimum Gasteiger partial charge on any atom is -0.465 e. The van der Waals surface area contributed by atoms with E-state index in [2.05, 4.69) is 9.89 Å². The van der Waals surface area contributed by atoms with Crippen LogP contribution in [-0.2, 0) is 4.74 Å². The van der Waals surface area contributed by atoms with Gasteiger partial charge in [-0.05, 0) is 19.1 Å². The average molecular weight is 286 g/mol. The Hall–Kier alpha value is -1.52. The van der Waals surface area contributed by atoms with Crippen LogP contribution in [0.4, 0.5) is 0 Å². The minimum atomic E-state index is -0.533. The maximum absolute atomic E-state index is 11.5. The Morgan fingerprint density at radius 3 is 2.67 bits per heavy atom. The van der Waals surface area contributed by atoms with Crippen molar-refractivity contribution in [2.75, 3.05) is 7.11 Å². The standard InChI is InChI=1S/C12H9Cl2NO3/c1-6-5-9(18-15-6)10-8(13)4-3-7(11(10)14)12(16)17-2/h3-5H,1-2H3. The van der Waals surface area contributed by atoms with E-state index in [1.165, 1.54) is 13.2 Å². The molecule has 0 unspecified atom stereocenters. The Labute approximate surface area is 113 Å². The molecule has 1 heterocycles. The van der Waals surface area contributed by atoms with E-state index < -0.39 is 5.97 Å². The lowest BCUT2D eigenvalue weighted by atomic mass is 10.1. The number of aromatic nitrogens is 1. The third-order valence-corrected chi connectivity index (χ3v) is 3.08. The van der Waals surface area contributed by atoms with Crippen LogP contribution in [0.3, 0.4) is 0 Å². The molecule has 2 aromatic rings. The number of ether oxygens (including phenoxy) is 1. The third-order valence-electron chi connectivity index (χ3n) is 2.37. The second-order valence-electron chi connectivity index (χ2n) is 3.61. The van der Waals surface area contributed by atoms with Crippen molar-refractivity contribution in [2.45, 2.75) is 6.92 Å². The van der Waals surface area contributed by atoms with E-state index in [1.807, 2.05) is 0 Å². The molecule has 4 nitrogen and oxygen atoms in total. The summed E-state index contributed by atoms with van der Waals surface area (Å²) in [6, 6.07) is 4.75. The Balaban J connectivity index is 2.63. The summed E-state index contributed by atoms with van der Waals surface area (Å²) < 4.78 is 9.75. The number of carbonyl (C=O) groups excluding carboxylic acids is 1. The summed E-state index contributed by atoms with van der Waals surface area (Å²) in [4.78, 5) is 11.5. The Morgan fingerprint density at radius 1 is 1.39 bits per heavy atom. The number of nitrogens with zero attached hydrogens (tertiary/aromatic N) is 1. The molecule has 0 fully saturated rings. The van der Waals surface area contributed by atoms with Gasteiger partial charge in [0.2, 0.25) is 0 Å². The van der Waals surface area contributed by atoms with E-state index >= 15 is 0 Å². The first-order chi connectivity index (χ1) is 8.54. The molecular formula is C12H9Cl2NO3. The van der Waals surface area contributed by atoms with Gasteiger partial charge < -0.3 is 9.26 Å². The number of hydrogen-bond donors (Lipinski definition) is 0. The predicted octanol–water partition coefficient (Wildman–Crippen LogP) is 3.74. The molecule has 0 amide bonds.